The molecule has 0 aromatic heterocycles. The number of benzene rings is 2. The molecule has 0 aliphatic rings. The van der Waals surface area contributed by atoms with Crippen LogP contribution in [0.5, 0.6) is 5.75 Å². The molecule has 0 unspecified atom stereocenters. The van der Waals surface area contributed by atoms with Crippen LogP contribution in [0.15, 0.2) is 54.1 Å². The van der Waals surface area contributed by atoms with Gasteiger partial charge in [-0.2, -0.15) is 5.26 Å². The number of carbonyl (C=O) groups excluding carboxylic acids is 2. The highest BCUT2D eigenvalue weighted by atomic mass is 16.5. The molecule has 0 atom stereocenters. The molecule has 0 saturated heterocycles. The first-order valence-corrected chi connectivity index (χ1v) is 7.33. The van der Waals surface area contributed by atoms with E-state index in [0.29, 0.717) is 22.6 Å². The smallest absolute Gasteiger partial charge is 0.337 e. The fourth-order valence-electron chi connectivity index (χ4n) is 2.02. The first-order chi connectivity index (χ1) is 12.1. The van der Waals surface area contributed by atoms with Gasteiger partial charge in [0, 0.05) is 5.69 Å². The zero-order valence-corrected chi connectivity index (χ0v) is 13.8. The van der Waals surface area contributed by atoms with Gasteiger partial charge in [0.1, 0.15) is 17.4 Å². The highest BCUT2D eigenvalue weighted by Gasteiger charge is 2.10. The number of anilines is 1. The first-order valence-electron chi connectivity index (χ1n) is 7.33. The second-order valence-electron chi connectivity index (χ2n) is 4.97. The van der Waals surface area contributed by atoms with Crippen molar-refractivity contribution in [2.24, 2.45) is 0 Å². The molecule has 0 bridgehead atoms. The minimum absolute atomic E-state index is 0.0396. The lowest BCUT2D eigenvalue weighted by atomic mass is 10.1. The molecule has 1 amide bonds. The van der Waals surface area contributed by atoms with Crippen molar-refractivity contribution in [1.82, 2.24) is 0 Å². The van der Waals surface area contributed by atoms with Gasteiger partial charge < -0.3 is 14.8 Å². The van der Waals surface area contributed by atoms with Gasteiger partial charge in [-0.15, -0.1) is 0 Å². The van der Waals surface area contributed by atoms with Gasteiger partial charge in [0.05, 0.1) is 19.8 Å². The molecule has 6 nitrogen and oxygen atoms in total. The highest BCUT2D eigenvalue weighted by molar-refractivity contribution is 6.09. The molecule has 2 rings (SSSR count). The number of ether oxygens (including phenoxy) is 2. The number of hydrogen-bond acceptors (Lipinski definition) is 5. The Bertz CT molecular complexity index is 831. The van der Waals surface area contributed by atoms with Crippen molar-refractivity contribution in [3.63, 3.8) is 0 Å². The minimum Gasteiger partial charge on any atom is -0.497 e. The van der Waals surface area contributed by atoms with Gasteiger partial charge in [-0.05, 0) is 48.0 Å². The van der Waals surface area contributed by atoms with Crippen molar-refractivity contribution in [2.45, 2.75) is 0 Å². The van der Waals surface area contributed by atoms with Crippen LogP contribution in [0.2, 0.25) is 0 Å². The molecule has 0 radical (unpaired) electrons. The maximum Gasteiger partial charge on any atom is 0.337 e. The topological polar surface area (TPSA) is 88.4 Å². The lowest BCUT2D eigenvalue weighted by Crippen LogP contribution is -2.13. The molecule has 0 heterocycles. The molecule has 2 aromatic rings. The molecule has 6 heteroatoms. The van der Waals surface area contributed by atoms with Crippen molar-refractivity contribution >= 4 is 23.6 Å². The molecule has 126 valence electrons. The van der Waals surface area contributed by atoms with E-state index in [2.05, 4.69) is 10.1 Å². The van der Waals surface area contributed by atoms with Crippen molar-refractivity contribution in [3.05, 3.63) is 65.2 Å². The Morgan fingerprint density at radius 1 is 1.04 bits per heavy atom. The Labute approximate surface area is 145 Å². The quantitative estimate of drug-likeness (QED) is 0.515. The van der Waals surface area contributed by atoms with Crippen LogP contribution in [0.1, 0.15) is 15.9 Å². The molecule has 0 spiro atoms. The monoisotopic (exact) mass is 336 g/mol. The van der Waals surface area contributed by atoms with Gasteiger partial charge in [-0.25, -0.2) is 4.79 Å². The van der Waals surface area contributed by atoms with E-state index in [0.717, 1.165) is 0 Å². The predicted octanol–water partition coefficient (Wildman–Crippen LogP) is 3.03. The predicted molar refractivity (Wildman–Crippen MR) is 93.0 cm³/mol. The molecule has 1 N–H and O–H groups in total. The third-order valence-corrected chi connectivity index (χ3v) is 3.36. The van der Waals surface area contributed by atoms with E-state index in [4.69, 9.17) is 4.74 Å². The van der Waals surface area contributed by atoms with Crippen LogP contribution in [-0.2, 0) is 9.53 Å². The molecular weight excluding hydrogens is 320 g/mol. The maximum atomic E-state index is 12.2. The van der Waals surface area contributed by atoms with E-state index in [-0.39, 0.29) is 5.57 Å². The third kappa shape index (κ3) is 4.69. The Kier molecular flexibility index (Phi) is 5.91. The lowest BCUT2D eigenvalue weighted by molar-refractivity contribution is -0.112. The number of esters is 1. The summed E-state index contributed by atoms with van der Waals surface area (Å²) >= 11 is 0. The number of carbonyl (C=O) groups is 2. The molecular formula is C19H16N2O4. The zero-order valence-electron chi connectivity index (χ0n) is 13.8. The van der Waals surface area contributed by atoms with E-state index in [1.54, 1.807) is 43.5 Å². The van der Waals surface area contributed by atoms with Gasteiger partial charge in [-0.1, -0.05) is 12.1 Å². The summed E-state index contributed by atoms with van der Waals surface area (Å²) in [5.74, 6) is -0.315. The normalized spacial score (nSPS) is 10.5. The molecule has 0 fully saturated rings. The fourth-order valence-corrected chi connectivity index (χ4v) is 2.02. The minimum atomic E-state index is -0.538. The Hall–Kier alpha value is -3.59. The average Bonchev–Trinajstić information content (AvgIpc) is 2.66. The van der Waals surface area contributed by atoms with Crippen LogP contribution < -0.4 is 10.1 Å². The number of nitriles is 1. The maximum absolute atomic E-state index is 12.2. The summed E-state index contributed by atoms with van der Waals surface area (Å²) in [6.45, 7) is 0. The van der Waals surface area contributed by atoms with Crippen molar-refractivity contribution in [1.29, 1.82) is 5.26 Å². The number of methoxy groups -OCH3 is 2. The standard InChI is InChI=1S/C19H16N2O4/c1-24-17-9-3-13(4-10-17)11-15(12-20)18(22)21-16-7-5-14(6-8-16)19(23)25-2/h3-11H,1-2H3,(H,21,22). The van der Waals surface area contributed by atoms with E-state index >= 15 is 0 Å². The molecule has 0 aliphatic heterocycles. The summed E-state index contributed by atoms with van der Waals surface area (Å²) in [5.41, 5.74) is 1.50. The Balaban J connectivity index is 2.12. The Morgan fingerprint density at radius 3 is 2.20 bits per heavy atom. The average molecular weight is 336 g/mol. The largest absolute Gasteiger partial charge is 0.497 e. The summed E-state index contributed by atoms with van der Waals surface area (Å²) in [6, 6.07) is 15.0. The molecule has 2 aromatic carbocycles. The van der Waals surface area contributed by atoms with E-state index in [1.807, 2.05) is 6.07 Å². The Morgan fingerprint density at radius 2 is 1.68 bits per heavy atom. The summed E-state index contributed by atoms with van der Waals surface area (Å²) in [6.07, 6.45) is 1.48. The van der Waals surface area contributed by atoms with Gasteiger partial charge in [-0.3, -0.25) is 4.79 Å². The van der Waals surface area contributed by atoms with Crippen LogP contribution >= 0.6 is 0 Å². The number of nitrogens with one attached hydrogen (secondary N) is 1. The second kappa shape index (κ2) is 8.31. The van der Waals surface area contributed by atoms with Gasteiger partial charge in [0.15, 0.2) is 0 Å². The molecule has 25 heavy (non-hydrogen) atoms. The van der Waals surface area contributed by atoms with Crippen LogP contribution in [0.3, 0.4) is 0 Å². The lowest BCUT2D eigenvalue weighted by Gasteiger charge is -2.06. The van der Waals surface area contributed by atoms with E-state index in [9.17, 15) is 14.9 Å². The van der Waals surface area contributed by atoms with Gasteiger partial charge in [0.25, 0.3) is 5.91 Å². The molecule has 0 aliphatic carbocycles. The third-order valence-electron chi connectivity index (χ3n) is 3.36. The van der Waals surface area contributed by atoms with Crippen LogP contribution in [-0.4, -0.2) is 26.1 Å². The van der Waals surface area contributed by atoms with E-state index < -0.39 is 11.9 Å². The van der Waals surface area contributed by atoms with Crippen LogP contribution in [0.25, 0.3) is 6.08 Å². The number of amides is 1. The summed E-state index contributed by atoms with van der Waals surface area (Å²) in [7, 11) is 2.85. The van der Waals surface area contributed by atoms with Gasteiger partial charge in [0.2, 0.25) is 0 Å². The number of rotatable bonds is 5. The SMILES string of the molecule is COC(=O)c1ccc(NC(=O)C(C#N)=Cc2ccc(OC)cc2)cc1. The second-order valence-corrected chi connectivity index (χ2v) is 4.97. The summed E-state index contributed by atoms with van der Waals surface area (Å²) < 4.78 is 9.67. The van der Waals surface area contributed by atoms with Gasteiger partial charge >= 0.3 is 5.97 Å². The first kappa shape index (κ1) is 17.8. The van der Waals surface area contributed by atoms with Crippen molar-refractivity contribution in [2.75, 3.05) is 19.5 Å². The molecule has 0 saturated carbocycles. The highest BCUT2D eigenvalue weighted by Crippen LogP contribution is 2.16. The summed E-state index contributed by atoms with van der Waals surface area (Å²) in [5, 5.41) is 11.8. The van der Waals surface area contributed by atoms with Crippen LogP contribution in [0.4, 0.5) is 5.69 Å². The number of hydrogen-bond donors (Lipinski definition) is 1. The summed E-state index contributed by atoms with van der Waals surface area (Å²) in [4.78, 5) is 23.6. The van der Waals surface area contributed by atoms with E-state index in [1.165, 1.54) is 25.3 Å². The van der Waals surface area contributed by atoms with Crippen molar-refractivity contribution < 1.29 is 19.1 Å². The fraction of sp³-hybridized carbons (Fsp3) is 0.105. The zero-order chi connectivity index (χ0) is 18.2. The number of nitrogens with zero attached hydrogens (tertiary/aromatic N) is 1. The van der Waals surface area contributed by atoms with Crippen molar-refractivity contribution in [3.8, 4) is 11.8 Å². The van der Waals surface area contributed by atoms with Crippen LogP contribution in [0, 0.1) is 11.3 Å².